The van der Waals surface area contributed by atoms with Crippen LogP contribution in [0.25, 0.3) is 0 Å². The fourth-order valence-electron chi connectivity index (χ4n) is 14.4. The first-order valence-electron chi connectivity index (χ1n) is 22.6. The van der Waals surface area contributed by atoms with Crippen molar-refractivity contribution in [1.29, 1.82) is 0 Å². The van der Waals surface area contributed by atoms with E-state index in [4.69, 9.17) is 21.1 Å². The molecule has 0 saturated heterocycles. The fourth-order valence-corrected chi connectivity index (χ4v) is 14.5. The Balaban J connectivity index is 0.00000604. The molecule has 0 bridgehead atoms. The highest BCUT2D eigenvalue weighted by Crippen LogP contribution is 2.76. The van der Waals surface area contributed by atoms with Gasteiger partial charge in [0.2, 0.25) is 0 Å². The maximum Gasteiger partial charge on any atom is 0.318 e. The summed E-state index contributed by atoms with van der Waals surface area (Å²) in [5.74, 6) is 0.935. The van der Waals surface area contributed by atoms with Crippen LogP contribution >= 0.6 is 24.0 Å². The monoisotopic (exact) mass is 869 g/mol. The molecule has 0 aromatic heterocycles. The van der Waals surface area contributed by atoms with Crippen LogP contribution in [-0.2, 0) is 30.4 Å². The second kappa shape index (κ2) is 16.5. The minimum Gasteiger partial charge on any atom is -0.464 e. The molecule has 11 heteroatoms. The van der Waals surface area contributed by atoms with Gasteiger partial charge in [0.15, 0.2) is 5.78 Å². The lowest BCUT2D eigenvalue weighted by molar-refractivity contribution is -0.236. The van der Waals surface area contributed by atoms with Gasteiger partial charge >= 0.3 is 12.0 Å². The number of nitrogens with zero attached hydrogens (tertiary/aromatic N) is 2. The van der Waals surface area contributed by atoms with Gasteiger partial charge in [-0.05, 0) is 141 Å². The van der Waals surface area contributed by atoms with E-state index in [0.717, 1.165) is 69.0 Å². The average molecular weight is 871 g/mol. The summed E-state index contributed by atoms with van der Waals surface area (Å²) < 4.78 is 11.8. The van der Waals surface area contributed by atoms with Gasteiger partial charge in [0.05, 0.1) is 11.5 Å². The van der Waals surface area contributed by atoms with E-state index in [2.05, 4.69) is 58.7 Å². The summed E-state index contributed by atoms with van der Waals surface area (Å²) in [6, 6.07) is 7.60. The van der Waals surface area contributed by atoms with Gasteiger partial charge < -0.3 is 24.6 Å². The van der Waals surface area contributed by atoms with Gasteiger partial charge in [0.1, 0.15) is 12.2 Å². The Hall–Kier alpha value is -2.62. The number of halogens is 2. The first kappa shape index (κ1) is 46.9. The van der Waals surface area contributed by atoms with Crippen LogP contribution in [0.15, 0.2) is 35.4 Å². The summed E-state index contributed by atoms with van der Waals surface area (Å²) in [4.78, 5) is 57.7. The van der Waals surface area contributed by atoms with E-state index >= 15 is 0 Å². The third-order valence-electron chi connectivity index (χ3n) is 18.0. The highest BCUT2D eigenvalue weighted by Gasteiger charge is 2.70. The van der Waals surface area contributed by atoms with E-state index in [1.807, 2.05) is 57.1 Å². The second-order valence-corrected chi connectivity index (χ2v) is 22.6. The zero-order chi connectivity index (χ0) is 43.1. The number of benzene rings is 1. The summed E-state index contributed by atoms with van der Waals surface area (Å²) >= 11 is 6.22. The summed E-state index contributed by atoms with van der Waals surface area (Å²) in [7, 11) is 4.05. The maximum atomic E-state index is 14.6. The third-order valence-corrected chi connectivity index (χ3v) is 18.3. The number of carbonyl (C=O) groups excluding carboxylic acids is 4. The Bertz CT molecular complexity index is 1860. The zero-order valence-corrected chi connectivity index (χ0v) is 39.8. The number of amides is 2. The number of ether oxygens (including phenoxy) is 2. The van der Waals surface area contributed by atoms with Gasteiger partial charge in [-0.1, -0.05) is 86.0 Å². The lowest BCUT2D eigenvalue weighted by atomic mass is 9.33. The highest BCUT2D eigenvalue weighted by atomic mass is 35.5. The van der Waals surface area contributed by atoms with Crippen LogP contribution < -0.4 is 5.32 Å². The molecule has 0 radical (unpaired) electrons. The lowest BCUT2D eigenvalue weighted by Gasteiger charge is -2.72. The van der Waals surface area contributed by atoms with Crippen molar-refractivity contribution in [2.24, 2.45) is 56.7 Å². The first-order chi connectivity index (χ1) is 27.6. The molecule has 5 saturated carbocycles. The van der Waals surface area contributed by atoms with Gasteiger partial charge in [-0.2, -0.15) is 0 Å². The van der Waals surface area contributed by atoms with Crippen LogP contribution in [0.5, 0.6) is 0 Å². The minimum atomic E-state index is -0.684. The fraction of sp³-hybridized carbons (Fsp3) is 0.755. The number of likely N-dealkylation sites (N-methyl/N-ethyl adjacent to an activating group) is 1. The van der Waals surface area contributed by atoms with Gasteiger partial charge in [-0.25, -0.2) is 4.79 Å². The number of nitrogens with one attached hydrogen (secondary N) is 1. The van der Waals surface area contributed by atoms with Crippen molar-refractivity contribution in [3.8, 4) is 0 Å². The molecule has 5 fully saturated rings. The molecule has 1 aromatic carbocycles. The molecule has 1 aromatic rings. The highest BCUT2D eigenvalue weighted by molar-refractivity contribution is 6.30. The average Bonchev–Trinajstić information content (AvgIpc) is 3.45. The van der Waals surface area contributed by atoms with Crippen molar-refractivity contribution < 1.29 is 28.7 Å². The van der Waals surface area contributed by atoms with E-state index in [1.165, 1.54) is 5.57 Å². The van der Waals surface area contributed by atoms with Crippen molar-refractivity contribution in [3.63, 3.8) is 0 Å². The molecule has 6 aliphatic rings. The van der Waals surface area contributed by atoms with E-state index in [9.17, 15) is 19.2 Å². The van der Waals surface area contributed by atoms with Crippen molar-refractivity contribution >= 4 is 48.3 Å². The van der Waals surface area contributed by atoms with Crippen molar-refractivity contribution in [1.82, 2.24) is 15.1 Å². The molecule has 0 spiro atoms. The molecule has 1 N–H and O–H groups in total. The number of fused-ring (bicyclic) bond motifs is 7. The number of hydrogen-bond donors (Lipinski definition) is 1. The number of Topliss-reactive ketones (excluding diaryl/α,β-unsaturated/α-hetero) is 1. The number of hydrogen-bond acceptors (Lipinski definition) is 7. The predicted molar refractivity (Wildman–Crippen MR) is 239 cm³/mol. The number of urea groups is 1. The van der Waals surface area contributed by atoms with Gasteiger partial charge in [0, 0.05) is 41.9 Å². The number of ketones is 1. The van der Waals surface area contributed by atoms with Gasteiger partial charge in [-0.3, -0.25) is 14.4 Å². The molecule has 6 aliphatic carbocycles. The van der Waals surface area contributed by atoms with E-state index in [-0.39, 0.29) is 81.8 Å². The van der Waals surface area contributed by atoms with Crippen LogP contribution in [0.3, 0.4) is 0 Å². The number of esters is 1. The van der Waals surface area contributed by atoms with Crippen LogP contribution in [0.2, 0.25) is 5.02 Å². The molecule has 60 heavy (non-hydrogen) atoms. The number of carbonyl (C=O) groups is 4. The molecule has 2 amide bonds. The quantitative estimate of drug-likeness (QED) is 0.174. The van der Waals surface area contributed by atoms with Crippen LogP contribution in [0.1, 0.15) is 132 Å². The van der Waals surface area contributed by atoms with Crippen molar-refractivity contribution in [3.05, 3.63) is 46.0 Å². The molecule has 0 heterocycles. The topological polar surface area (TPSA) is 105 Å². The molecule has 10 atom stereocenters. The molecular formula is C49H73Cl2N3O6. The Kier molecular flexibility index (Phi) is 12.9. The molecule has 9 nitrogen and oxygen atoms in total. The minimum absolute atomic E-state index is 0. The Morgan fingerprint density at radius 2 is 1.55 bits per heavy atom. The standard InChI is InChI=1S/C49H72ClN3O6.ClH/c1-30(2)40-35(55)27-49(51-43(57)53(25-24-52(10)11)28-31-12-14-32(50)15-13-31)23-22-47(8)33(41(40)49)16-17-37-46(7)20-19-38(45(5,6)36(46)18-21-48(37,47)9)59-42(56)34-26-39(58-29-54)44(34,3)4;/h12-15,29-30,33-34,36-39H,16-28H2,1-11H3,(H,51,57);1H/t33-,34-,36+,37-,38?,39-,46+,47-,48-,49-;/m1./s1. The van der Waals surface area contributed by atoms with Crippen LogP contribution in [0, 0.1) is 56.7 Å². The van der Waals surface area contributed by atoms with Crippen molar-refractivity contribution in [2.45, 2.75) is 151 Å². The second-order valence-electron chi connectivity index (χ2n) is 22.2. The van der Waals surface area contributed by atoms with Crippen molar-refractivity contribution in [2.75, 3.05) is 27.2 Å². The Morgan fingerprint density at radius 1 is 0.867 bits per heavy atom. The van der Waals surface area contributed by atoms with E-state index in [1.54, 1.807) is 0 Å². The summed E-state index contributed by atoms with van der Waals surface area (Å²) in [6.07, 6.45) is 8.25. The SMILES string of the molecule is CC(C)C1=C2[C@H]3CC[C@@H]4[C@@]5(C)CCC(OC(=O)[C@H]6C[C@@H](OC=O)C6(C)C)C(C)(C)[C@@H]5CC[C@@]4(C)[C@]3(C)CC[C@@]2(NC(=O)N(CCN(C)C)Cc2ccc(Cl)cc2)CC1=O.Cl. The third kappa shape index (κ3) is 7.44. The maximum absolute atomic E-state index is 14.6. The first-order valence-corrected chi connectivity index (χ1v) is 23.0. The smallest absolute Gasteiger partial charge is 0.318 e. The molecule has 0 aliphatic heterocycles. The normalized spacial score (nSPS) is 37.4. The van der Waals surface area contributed by atoms with E-state index in [0.29, 0.717) is 49.3 Å². The van der Waals surface area contributed by atoms with Crippen LogP contribution in [-0.4, -0.2) is 79.0 Å². The summed E-state index contributed by atoms with van der Waals surface area (Å²) in [6.45, 7) is 22.9. The Morgan fingerprint density at radius 3 is 2.17 bits per heavy atom. The number of rotatable bonds is 11. The number of allylic oxidation sites excluding steroid dienone is 1. The molecule has 7 rings (SSSR count). The zero-order valence-electron chi connectivity index (χ0n) is 38.3. The molecule has 1 unspecified atom stereocenters. The largest absolute Gasteiger partial charge is 0.464 e. The molecular weight excluding hydrogens is 797 g/mol. The van der Waals surface area contributed by atoms with Crippen LogP contribution in [0.4, 0.5) is 4.79 Å². The Labute approximate surface area is 371 Å². The van der Waals surface area contributed by atoms with Gasteiger partial charge in [-0.15, -0.1) is 12.4 Å². The van der Waals surface area contributed by atoms with Gasteiger partial charge in [0.25, 0.3) is 6.47 Å². The summed E-state index contributed by atoms with van der Waals surface area (Å²) in [5, 5.41) is 4.28. The van der Waals surface area contributed by atoms with E-state index < -0.39 is 11.0 Å². The predicted octanol–water partition coefficient (Wildman–Crippen LogP) is 10.1. The summed E-state index contributed by atoms with van der Waals surface area (Å²) in [5.41, 5.74) is 1.96. The molecule has 334 valence electrons. The lowest BCUT2D eigenvalue weighted by Crippen LogP contribution is -2.67.